The minimum Gasteiger partial charge on any atom is -0.244 e. The average molecular weight is 187 g/mol. The maximum absolute atomic E-state index is 4.16. The molecule has 2 aromatic rings. The van der Waals surface area contributed by atoms with Crippen LogP contribution in [0.15, 0.2) is 30.9 Å². The second-order valence-corrected chi connectivity index (χ2v) is 3.05. The number of aryl methyl sites for hydroxylation is 2. The molecule has 0 saturated heterocycles. The molecule has 0 atom stereocenters. The van der Waals surface area contributed by atoms with E-state index in [0.29, 0.717) is 0 Å². The first-order valence-corrected chi connectivity index (χ1v) is 4.37. The fourth-order valence-corrected chi connectivity index (χ4v) is 1.35. The van der Waals surface area contributed by atoms with Gasteiger partial charge < -0.3 is 0 Å². The van der Waals surface area contributed by atoms with E-state index in [4.69, 9.17) is 0 Å². The van der Waals surface area contributed by atoms with Gasteiger partial charge in [0.2, 0.25) is 5.69 Å². The van der Waals surface area contributed by atoms with Gasteiger partial charge in [0.15, 0.2) is 7.05 Å². The van der Waals surface area contributed by atoms with E-state index < -0.39 is 0 Å². The highest BCUT2D eigenvalue weighted by molar-refractivity contribution is 5.56. The fraction of sp³-hybridized carbons (Fsp3) is 0.200. The third-order valence-electron chi connectivity index (χ3n) is 2.12. The van der Waals surface area contributed by atoms with Crippen molar-refractivity contribution < 1.29 is 4.68 Å². The molecule has 0 bridgehead atoms. The summed E-state index contributed by atoms with van der Waals surface area (Å²) in [4.78, 5) is 8.16. The summed E-state index contributed by atoms with van der Waals surface area (Å²) >= 11 is 0. The first kappa shape index (κ1) is 8.74. The number of rotatable bonds is 1. The fourth-order valence-electron chi connectivity index (χ4n) is 1.35. The van der Waals surface area contributed by atoms with Crippen LogP contribution in [-0.2, 0) is 7.05 Å². The lowest BCUT2D eigenvalue weighted by Crippen LogP contribution is -2.35. The normalized spacial score (nSPS) is 10.1. The predicted molar refractivity (Wildman–Crippen MR) is 51.2 cm³/mol. The maximum atomic E-state index is 4.16. The quantitative estimate of drug-likeness (QED) is 0.616. The van der Waals surface area contributed by atoms with E-state index >= 15 is 0 Å². The van der Waals surface area contributed by atoms with E-state index in [2.05, 4.69) is 15.1 Å². The molecular weight excluding hydrogens is 176 g/mol. The SMILES string of the molecule is Cc1ncncc1-c1cccn[n+]1C. The molecule has 4 nitrogen and oxygen atoms in total. The van der Waals surface area contributed by atoms with Crippen LogP contribution in [0.4, 0.5) is 0 Å². The van der Waals surface area contributed by atoms with E-state index in [9.17, 15) is 0 Å². The van der Waals surface area contributed by atoms with Gasteiger partial charge >= 0.3 is 0 Å². The second-order valence-electron chi connectivity index (χ2n) is 3.05. The van der Waals surface area contributed by atoms with E-state index in [0.717, 1.165) is 17.0 Å². The molecule has 2 aromatic heterocycles. The number of hydrogen-bond donors (Lipinski definition) is 0. The van der Waals surface area contributed by atoms with Gasteiger partial charge in [-0.2, -0.15) is 0 Å². The summed E-state index contributed by atoms with van der Waals surface area (Å²) in [5.74, 6) is 0. The molecule has 0 spiro atoms. The van der Waals surface area contributed by atoms with Crippen LogP contribution < -0.4 is 4.68 Å². The summed E-state index contributed by atoms with van der Waals surface area (Å²) in [5, 5.41) is 4.16. The molecule has 0 saturated carbocycles. The van der Waals surface area contributed by atoms with Crippen molar-refractivity contribution in [3.63, 3.8) is 0 Å². The van der Waals surface area contributed by atoms with Gasteiger partial charge in [-0.1, -0.05) is 4.68 Å². The Morgan fingerprint density at radius 2 is 2.21 bits per heavy atom. The van der Waals surface area contributed by atoms with Crippen LogP contribution in [0.1, 0.15) is 5.69 Å². The van der Waals surface area contributed by atoms with Gasteiger partial charge in [-0.25, -0.2) is 9.97 Å². The monoisotopic (exact) mass is 187 g/mol. The van der Waals surface area contributed by atoms with Crippen LogP contribution >= 0.6 is 0 Å². The minimum atomic E-state index is 0.962. The molecule has 4 heteroatoms. The Labute approximate surface area is 82.3 Å². The topological polar surface area (TPSA) is 42.6 Å². The van der Waals surface area contributed by atoms with Gasteiger partial charge in [0.25, 0.3) is 0 Å². The second kappa shape index (κ2) is 3.49. The lowest BCUT2D eigenvalue weighted by atomic mass is 10.1. The largest absolute Gasteiger partial charge is 0.244 e. The van der Waals surface area contributed by atoms with E-state index in [1.807, 2.05) is 30.8 Å². The van der Waals surface area contributed by atoms with Crippen molar-refractivity contribution in [3.8, 4) is 11.3 Å². The lowest BCUT2D eigenvalue weighted by molar-refractivity contribution is -0.720. The molecule has 0 unspecified atom stereocenters. The van der Waals surface area contributed by atoms with Gasteiger partial charge in [0.05, 0.1) is 17.5 Å². The van der Waals surface area contributed by atoms with Crippen molar-refractivity contribution in [2.24, 2.45) is 7.05 Å². The summed E-state index contributed by atoms with van der Waals surface area (Å²) in [6, 6.07) is 3.90. The van der Waals surface area contributed by atoms with Gasteiger partial charge in [-0.15, -0.1) is 0 Å². The van der Waals surface area contributed by atoms with Crippen LogP contribution in [0.25, 0.3) is 11.3 Å². The van der Waals surface area contributed by atoms with Crippen molar-refractivity contribution in [2.45, 2.75) is 6.92 Å². The van der Waals surface area contributed by atoms with E-state index in [1.165, 1.54) is 0 Å². The molecule has 0 N–H and O–H groups in total. The molecule has 0 aliphatic rings. The smallest absolute Gasteiger partial charge is 0.242 e. The van der Waals surface area contributed by atoms with E-state index in [1.54, 1.807) is 18.7 Å². The molecule has 0 fully saturated rings. The molecule has 0 aliphatic carbocycles. The van der Waals surface area contributed by atoms with Crippen LogP contribution in [0.5, 0.6) is 0 Å². The highest BCUT2D eigenvalue weighted by Gasteiger charge is 2.12. The molecule has 2 heterocycles. The summed E-state index contributed by atoms with van der Waals surface area (Å²) in [7, 11) is 1.90. The molecule has 0 radical (unpaired) electrons. The maximum Gasteiger partial charge on any atom is 0.242 e. The van der Waals surface area contributed by atoms with Crippen molar-refractivity contribution in [1.29, 1.82) is 0 Å². The average Bonchev–Trinajstić information content (AvgIpc) is 2.20. The van der Waals surface area contributed by atoms with Crippen LogP contribution in [0.2, 0.25) is 0 Å². The van der Waals surface area contributed by atoms with Crippen molar-refractivity contribution >= 4 is 0 Å². The Morgan fingerprint density at radius 1 is 1.36 bits per heavy atom. The number of aromatic nitrogens is 4. The van der Waals surface area contributed by atoms with Gasteiger partial charge in [-0.3, -0.25) is 0 Å². The lowest BCUT2D eigenvalue weighted by Gasteiger charge is -1.99. The molecule has 2 rings (SSSR count). The van der Waals surface area contributed by atoms with Gasteiger partial charge in [0, 0.05) is 12.3 Å². The Bertz CT molecular complexity index is 410. The Kier molecular flexibility index (Phi) is 2.18. The summed E-state index contributed by atoms with van der Waals surface area (Å²) in [5.41, 5.74) is 3.00. The van der Waals surface area contributed by atoms with Gasteiger partial charge in [-0.05, 0) is 18.1 Å². The first-order chi connectivity index (χ1) is 6.79. The van der Waals surface area contributed by atoms with Crippen LogP contribution in [0, 0.1) is 6.92 Å². The summed E-state index contributed by atoms with van der Waals surface area (Å²) in [6.07, 6.45) is 5.11. The third-order valence-corrected chi connectivity index (χ3v) is 2.12. The van der Waals surface area contributed by atoms with E-state index in [-0.39, 0.29) is 0 Å². The highest BCUT2D eigenvalue weighted by Crippen LogP contribution is 2.14. The third kappa shape index (κ3) is 1.46. The summed E-state index contributed by atoms with van der Waals surface area (Å²) < 4.78 is 1.81. The van der Waals surface area contributed by atoms with Crippen molar-refractivity contribution in [1.82, 2.24) is 15.1 Å². The molecule has 0 aromatic carbocycles. The molecular formula is C10H11N4+. The molecule has 70 valence electrons. The van der Waals surface area contributed by atoms with Gasteiger partial charge in [0.1, 0.15) is 6.33 Å². The number of hydrogen-bond acceptors (Lipinski definition) is 3. The molecule has 0 amide bonds. The zero-order valence-electron chi connectivity index (χ0n) is 8.18. The Morgan fingerprint density at radius 3 is 2.93 bits per heavy atom. The molecule has 14 heavy (non-hydrogen) atoms. The Balaban J connectivity index is 2.61. The van der Waals surface area contributed by atoms with Crippen LogP contribution in [0.3, 0.4) is 0 Å². The highest BCUT2D eigenvalue weighted by atomic mass is 15.2. The molecule has 0 aliphatic heterocycles. The van der Waals surface area contributed by atoms with Crippen molar-refractivity contribution in [2.75, 3.05) is 0 Å². The first-order valence-electron chi connectivity index (χ1n) is 4.37. The predicted octanol–water partition coefficient (Wildman–Crippen LogP) is 0.672. The zero-order valence-corrected chi connectivity index (χ0v) is 8.18. The number of nitrogens with zero attached hydrogens (tertiary/aromatic N) is 4. The standard InChI is InChI=1S/C10H11N4/c1-8-9(6-11-7-12-8)10-4-3-5-13-14(10)2/h3-7H,1-2H3/q+1. The zero-order chi connectivity index (χ0) is 9.97. The van der Waals surface area contributed by atoms with Crippen LogP contribution in [-0.4, -0.2) is 15.1 Å². The minimum absolute atomic E-state index is 0.962. The van der Waals surface area contributed by atoms with Crippen molar-refractivity contribution in [3.05, 3.63) is 36.5 Å². The summed E-state index contributed by atoms with van der Waals surface area (Å²) in [6.45, 7) is 1.96. The Hall–Kier alpha value is -1.84.